The Hall–Kier alpha value is -0.850. The SMILES string of the molecule is CC1CCNC1c1nc(CSc2ccc(Br)cc2)no1. The molecule has 0 aliphatic carbocycles. The van der Waals surface area contributed by atoms with Crippen molar-refractivity contribution in [2.24, 2.45) is 5.92 Å². The van der Waals surface area contributed by atoms with Gasteiger partial charge in [0.2, 0.25) is 5.89 Å². The van der Waals surface area contributed by atoms with Gasteiger partial charge in [0.05, 0.1) is 11.8 Å². The molecule has 0 bridgehead atoms. The van der Waals surface area contributed by atoms with E-state index in [1.807, 2.05) is 12.1 Å². The highest BCUT2D eigenvalue weighted by Gasteiger charge is 2.29. The molecule has 0 saturated carbocycles. The molecule has 1 aromatic heterocycles. The van der Waals surface area contributed by atoms with Gasteiger partial charge in [-0.05, 0) is 43.1 Å². The molecular formula is C14H16BrN3OS. The summed E-state index contributed by atoms with van der Waals surface area (Å²) in [6.45, 7) is 3.24. The van der Waals surface area contributed by atoms with Crippen LogP contribution < -0.4 is 5.32 Å². The molecule has 2 aromatic rings. The molecule has 0 radical (unpaired) electrons. The number of halogens is 1. The average Bonchev–Trinajstić information content (AvgIpc) is 3.06. The van der Waals surface area contributed by atoms with Crippen LogP contribution in [0.4, 0.5) is 0 Å². The quantitative estimate of drug-likeness (QED) is 0.847. The van der Waals surface area contributed by atoms with E-state index in [0.717, 1.165) is 34.9 Å². The summed E-state index contributed by atoms with van der Waals surface area (Å²) < 4.78 is 6.47. The fourth-order valence-corrected chi connectivity index (χ4v) is 3.30. The summed E-state index contributed by atoms with van der Waals surface area (Å²) in [5.74, 6) is 2.77. The Morgan fingerprint density at radius 3 is 2.90 bits per heavy atom. The number of hydrogen-bond acceptors (Lipinski definition) is 5. The Kier molecular flexibility index (Phi) is 4.43. The van der Waals surface area contributed by atoms with Crippen LogP contribution in [0.25, 0.3) is 0 Å². The van der Waals surface area contributed by atoms with Crippen molar-refractivity contribution in [3.63, 3.8) is 0 Å². The molecule has 4 nitrogen and oxygen atoms in total. The molecule has 20 heavy (non-hydrogen) atoms. The van der Waals surface area contributed by atoms with Crippen molar-refractivity contribution in [2.45, 2.75) is 30.0 Å². The van der Waals surface area contributed by atoms with Gasteiger partial charge in [-0.15, -0.1) is 11.8 Å². The van der Waals surface area contributed by atoms with Gasteiger partial charge in [-0.1, -0.05) is 28.0 Å². The van der Waals surface area contributed by atoms with E-state index in [9.17, 15) is 0 Å². The van der Waals surface area contributed by atoms with Crippen LogP contribution in [0.15, 0.2) is 38.2 Å². The third-order valence-corrected chi connectivity index (χ3v) is 5.00. The highest BCUT2D eigenvalue weighted by Crippen LogP contribution is 2.29. The van der Waals surface area contributed by atoms with E-state index in [4.69, 9.17) is 4.52 Å². The molecule has 1 saturated heterocycles. The molecule has 2 heterocycles. The van der Waals surface area contributed by atoms with Crippen molar-refractivity contribution >= 4 is 27.7 Å². The lowest BCUT2D eigenvalue weighted by molar-refractivity contribution is 0.317. The highest BCUT2D eigenvalue weighted by atomic mass is 79.9. The minimum atomic E-state index is 0.217. The van der Waals surface area contributed by atoms with Crippen LogP contribution in [0.3, 0.4) is 0 Å². The highest BCUT2D eigenvalue weighted by molar-refractivity contribution is 9.10. The summed E-state index contributed by atoms with van der Waals surface area (Å²) in [6, 6.07) is 8.45. The van der Waals surface area contributed by atoms with Crippen LogP contribution in [0, 0.1) is 5.92 Å². The fourth-order valence-electron chi connectivity index (χ4n) is 2.30. The average molecular weight is 354 g/mol. The maximum Gasteiger partial charge on any atom is 0.244 e. The van der Waals surface area contributed by atoms with Crippen LogP contribution in [0.5, 0.6) is 0 Å². The Bertz CT molecular complexity index is 572. The first kappa shape index (κ1) is 14.1. The number of hydrogen-bond donors (Lipinski definition) is 1. The zero-order valence-corrected chi connectivity index (χ0v) is 13.6. The predicted molar refractivity (Wildman–Crippen MR) is 82.5 cm³/mol. The topological polar surface area (TPSA) is 51.0 Å². The number of nitrogens with one attached hydrogen (secondary N) is 1. The van der Waals surface area contributed by atoms with E-state index in [-0.39, 0.29) is 6.04 Å². The van der Waals surface area contributed by atoms with Gasteiger partial charge in [0, 0.05) is 9.37 Å². The Morgan fingerprint density at radius 1 is 1.40 bits per heavy atom. The van der Waals surface area contributed by atoms with Crippen molar-refractivity contribution in [3.05, 3.63) is 40.5 Å². The van der Waals surface area contributed by atoms with Gasteiger partial charge in [-0.2, -0.15) is 4.98 Å². The van der Waals surface area contributed by atoms with Crippen LogP contribution in [0.1, 0.15) is 31.1 Å². The van der Waals surface area contributed by atoms with E-state index in [0.29, 0.717) is 5.92 Å². The molecule has 0 spiro atoms. The van der Waals surface area contributed by atoms with Crippen molar-refractivity contribution < 1.29 is 4.52 Å². The fraction of sp³-hybridized carbons (Fsp3) is 0.429. The second-order valence-electron chi connectivity index (χ2n) is 4.99. The van der Waals surface area contributed by atoms with Gasteiger partial charge < -0.3 is 9.84 Å². The first-order valence-corrected chi connectivity index (χ1v) is 8.44. The maximum atomic E-state index is 5.38. The zero-order chi connectivity index (χ0) is 13.9. The Morgan fingerprint density at radius 2 is 2.20 bits per heavy atom. The van der Waals surface area contributed by atoms with E-state index < -0.39 is 0 Å². The number of benzene rings is 1. The maximum absolute atomic E-state index is 5.38. The number of thioether (sulfide) groups is 1. The standard InChI is InChI=1S/C14H16BrN3OS/c1-9-6-7-16-13(9)14-17-12(18-19-14)8-20-11-4-2-10(15)3-5-11/h2-5,9,13,16H,6-8H2,1H3. The minimum Gasteiger partial charge on any atom is -0.338 e. The second kappa shape index (κ2) is 6.28. The lowest BCUT2D eigenvalue weighted by Crippen LogP contribution is -2.16. The van der Waals surface area contributed by atoms with Crippen molar-refractivity contribution in [2.75, 3.05) is 6.54 Å². The molecular weight excluding hydrogens is 338 g/mol. The van der Waals surface area contributed by atoms with Gasteiger partial charge in [0.15, 0.2) is 5.82 Å². The largest absolute Gasteiger partial charge is 0.338 e. The van der Waals surface area contributed by atoms with Crippen LogP contribution in [-0.2, 0) is 5.75 Å². The molecule has 1 aromatic carbocycles. The van der Waals surface area contributed by atoms with E-state index in [1.54, 1.807) is 11.8 Å². The molecule has 3 rings (SSSR count). The second-order valence-corrected chi connectivity index (χ2v) is 6.95. The van der Waals surface area contributed by atoms with Crippen LogP contribution in [-0.4, -0.2) is 16.7 Å². The third kappa shape index (κ3) is 3.24. The first-order valence-electron chi connectivity index (χ1n) is 6.66. The summed E-state index contributed by atoms with van der Waals surface area (Å²) >= 11 is 5.14. The third-order valence-electron chi connectivity index (χ3n) is 3.46. The van der Waals surface area contributed by atoms with Gasteiger partial charge in [-0.3, -0.25) is 0 Å². The number of rotatable bonds is 4. The monoisotopic (exact) mass is 353 g/mol. The van der Waals surface area contributed by atoms with E-state index >= 15 is 0 Å². The molecule has 2 atom stereocenters. The van der Waals surface area contributed by atoms with E-state index in [2.05, 4.69) is 50.4 Å². The van der Waals surface area contributed by atoms with Gasteiger partial charge in [-0.25, -0.2) is 0 Å². The summed E-state index contributed by atoms with van der Waals surface area (Å²) in [6.07, 6.45) is 1.16. The first-order chi connectivity index (χ1) is 9.72. The molecule has 0 amide bonds. The molecule has 1 aliphatic rings. The number of aromatic nitrogens is 2. The molecule has 1 N–H and O–H groups in total. The summed E-state index contributed by atoms with van der Waals surface area (Å²) in [5.41, 5.74) is 0. The lowest BCUT2D eigenvalue weighted by atomic mass is 10.0. The zero-order valence-electron chi connectivity index (χ0n) is 11.2. The van der Waals surface area contributed by atoms with Crippen molar-refractivity contribution in [1.82, 2.24) is 15.5 Å². The van der Waals surface area contributed by atoms with E-state index in [1.165, 1.54) is 4.90 Å². The molecule has 1 fully saturated rings. The smallest absolute Gasteiger partial charge is 0.244 e. The predicted octanol–water partition coefficient (Wildman–Crippen LogP) is 3.79. The van der Waals surface area contributed by atoms with Gasteiger partial charge in [0.25, 0.3) is 0 Å². The molecule has 2 unspecified atom stereocenters. The summed E-state index contributed by atoms with van der Waals surface area (Å²) in [7, 11) is 0. The van der Waals surface area contributed by atoms with Crippen molar-refractivity contribution in [1.29, 1.82) is 0 Å². The summed E-state index contributed by atoms with van der Waals surface area (Å²) in [4.78, 5) is 5.71. The number of nitrogens with zero attached hydrogens (tertiary/aromatic N) is 2. The molecule has 106 valence electrons. The Labute approximate surface area is 130 Å². The van der Waals surface area contributed by atoms with Crippen molar-refractivity contribution in [3.8, 4) is 0 Å². The molecule has 1 aliphatic heterocycles. The van der Waals surface area contributed by atoms with Gasteiger partial charge in [0.1, 0.15) is 0 Å². The lowest BCUT2D eigenvalue weighted by Gasteiger charge is -2.09. The van der Waals surface area contributed by atoms with Gasteiger partial charge >= 0.3 is 0 Å². The van der Waals surface area contributed by atoms with Crippen LogP contribution in [0.2, 0.25) is 0 Å². The molecule has 6 heteroatoms. The minimum absolute atomic E-state index is 0.217. The Balaban J connectivity index is 1.61. The summed E-state index contributed by atoms with van der Waals surface area (Å²) in [5, 5.41) is 7.48. The van der Waals surface area contributed by atoms with Crippen LogP contribution >= 0.6 is 27.7 Å². The normalized spacial score (nSPS) is 22.3.